The van der Waals surface area contributed by atoms with Gasteiger partial charge in [-0.25, -0.2) is 4.98 Å². The monoisotopic (exact) mass is 310 g/mol. The zero-order valence-electron chi connectivity index (χ0n) is 13.0. The Balaban J connectivity index is 1.58. The molecule has 0 unspecified atom stereocenters. The highest BCUT2D eigenvalue weighted by atomic mass is 16.3. The number of carbonyl (C=O) groups excluding carboxylic acids is 1. The summed E-state index contributed by atoms with van der Waals surface area (Å²) in [5.41, 5.74) is 2.30. The molecule has 1 aliphatic rings. The number of fused-ring (bicyclic) bond motifs is 1. The molecule has 0 saturated carbocycles. The lowest BCUT2D eigenvalue weighted by Crippen LogP contribution is -2.38. The summed E-state index contributed by atoms with van der Waals surface area (Å²) >= 11 is 0. The number of pyridine rings is 1. The molecule has 0 spiro atoms. The van der Waals surface area contributed by atoms with Gasteiger partial charge in [0.05, 0.1) is 12.6 Å². The van der Waals surface area contributed by atoms with Crippen LogP contribution in [0.1, 0.15) is 29.1 Å². The van der Waals surface area contributed by atoms with Crippen LogP contribution in [0.2, 0.25) is 0 Å². The van der Waals surface area contributed by atoms with E-state index in [1.165, 1.54) is 0 Å². The van der Waals surface area contributed by atoms with Crippen LogP contribution >= 0.6 is 0 Å². The summed E-state index contributed by atoms with van der Waals surface area (Å²) in [5, 5.41) is 4.24. The summed E-state index contributed by atoms with van der Waals surface area (Å²) < 4.78 is 7.58. The maximum Gasteiger partial charge on any atom is 0.289 e. The van der Waals surface area contributed by atoms with Gasteiger partial charge in [0.15, 0.2) is 11.3 Å². The van der Waals surface area contributed by atoms with Crippen molar-refractivity contribution in [1.29, 1.82) is 0 Å². The van der Waals surface area contributed by atoms with Crippen molar-refractivity contribution in [2.24, 2.45) is 0 Å². The number of rotatable bonds is 3. The lowest BCUT2D eigenvalue weighted by Gasteiger charge is -2.23. The number of likely N-dealkylation sites (tertiary alicyclic amines) is 1. The number of aryl methyl sites for hydroxylation is 1. The number of hydrogen-bond donors (Lipinski definition) is 0. The molecular formula is C17H18N4O2. The number of amides is 1. The Kier molecular flexibility index (Phi) is 3.37. The zero-order chi connectivity index (χ0) is 15.8. The second-order valence-corrected chi connectivity index (χ2v) is 5.97. The first-order valence-electron chi connectivity index (χ1n) is 7.86. The first kappa shape index (κ1) is 14.0. The van der Waals surface area contributed by atoms with E-state index in [9.17, 15) is 4.79 Å². The van der Waals surface area contributed by atoms with Crippen molar-refractivity contribution >= 4 is 17.0 Å². The summed E-state index contributed by atoms with van der Waals surface area (Å²) in [5.74, 6) is 0.306. The Morgan fingerprint density at radius 1 is 1.43 bits per heavy atom. The van der Waals surface area contributed by atoms with E-state index >= 15 is 0 Å². The van der Waals surface area contributed by atoms with Crippen molar-refractivity contribution in [3.63, 3.8) is 0 Å². The highest BCUT2D eigenvalue weighted by molar-refractivity contribution is 5.95. The average molecular weight is 310 g/mol. The third-order valence-corrected chi connectivity index (χ3v) is 4.32. The molecule has 3 aromatic rings. The van der Waals surface area contributed by atoms with E-state index in [2.05, 4.69) is 10.1 Å². The van der Waals surface area contributed by atoms with Crippen LogP contribution in [-0.4, -0.2) is 38.2 Å². The summed E-state index contributed by atoms with van der Waals surface area (Å²) in [6, 6.07) is 7.55. The first-order chi connectivity index (χ1) is 11.2. The Bertz CT molecular complexity index is 838. The van der Waals surface area contributed by atoms with E-state index in [1.807, 2.05) is 40.9 Å². The molecule has 0 aromatic carbocycles. The normalized spacial score (nSPS) is 18.0. The molecule has 3 aromatic heterocycles. The predicted octanol–water partition coefficient (Wildman–Crippen LogP) is 2.64. The fraction of sp³-hybridized carbons (Fsp3) is 0.353. The predicted molar refractivity (Wildman–Crippen MR) is 85.0 cm³/mol. The van der Waals surface area contributed by atoms with E-state index in [0.717, 1.165) is 37.1 Å². The molecule has 0 bridgehead atoms. The third kappa shape index (κ3) is 2.60. The first-order valence-corrected chi connectivity index (χ1v) is 7.86. The molecule has 0 aliphatic carbocycles. The zero-order valence-corrected chi connectivity index (χ0v) is 13.0. The Morgan fingerprint density at radius 3 is 3.17 bits per heavy atom. The van der Waals surface area contributed by atoms with Crippen LogP contribution in [0.4, 0.5) is 0 Å². The maximum atomic E-state index is 12.8. The minimum Gasteiger partial charge on any atom is -0.449 e. The molecule has 23 heavy (non-hydrogen) atoms. The van der Waals surface area contributed by atoms with Crippen LogP contribution < -0.4 is 0 Å². The van der Waals surface area contributed by atoms with Crippen molar-refractivity contribution in [2.75, 3.05) is 6.54 Å². The van der Waals surface area contributed by atoms with Gasteiger partial charge in [-0.05, 0) is 38.0 Å². The molecule has 4 heterocycles. The highest BCUT2D eigenvalue weighted by Crippen LogP contribution is 2.24. The summed E-state index contributed by atoms with van der Waals surface area (Å²) in [6.07, 6.45) is 5.68. The van der Waals surface area contributed by atoms with Crippen molar-refractivity contribution in [2.45, 2.75) is 32.4 Å². The number of hydrogen-bond acceptors (Lipinski definition) is 4. The topological polar surface area (TPSA) is 64.2 Å². The molecule has 4 rings (SSSR count). The molecule has 1 saturated heterocycles. The van der Waals surface area contributed by atoms with Gasteiger partial charge in [0.1, 0.15) is 5.52 Å². The fourth-order valence-electron chi connectivity index (χ4n) is 3.19. The second-order valence-electron chi connectivity index (χ2n) is 5.97. The lowest BCUT2D eigenvalue weighted by atomic mass is 10.2. The van der Waals surface area contributed by atoms with Crippen molar-refractivity contribution in [3.05, 3.63) is 48.1 Å². The van der Waals surface area contributed by atoms with Crippen LogP contribution in [0.3, 0.4) is 0 Å². The molecule has 6 nitrogen and oxygen atoms in total. The summed E-state index contributed by atoms with van der Waals surface area (Å²) in [4.78, 5) is 19.1. The van der Waals surface area contributed by atoms with Gasteiger partial charge in [0, 0.05) is 30.7 Å². The second kappa shape index (κ2) is 5.53. The molecule has 0 N–H and O–H groups in total. The van der Waals surface area contributed by atoms with E-state index in [0.29, 0.717) is 11.3 Å². The molecule has 6 heteroatoms. The molecule has 1 fully saturated rings. The smallest absolute Gasteiger partial charge is 0.289 e. The third-order valence-electron chi connectivity index (χ3n) is 4.32. The van der Waals surface area contributed by atoms with Gasteiger partial charge >= 0.3 is 0 Å². The molecule has 0 radical (unpaired) electrons. The van der Waals surface area contributed by atoms with E-state index in [4.69, 9.17) is 4.42 Å². The van der Waals surface area contributed by atoms with Gasteiger partial charge in [-0.2, -0.15) is 5.10 Å². The van der Waals surface area contributed by atoms with Gasteiger partial charge in [-0.3, -0.25) is 9.48 Å². The Hall–Kier alpha value is -2.63. The van der Waals surface area contributed by atoms with Gasteiger partial charge in [-0.15, -0.1) is 0 Å². The fourth-order valence-corrected chi connectivity index (χ4v) is 3.19. The van der Waals surface area contributed by atoms with Crippen LogP contribution in [0, 0.1) is 6.92 Å². The van der Waals surface area contributed by atoms with Gasteiger partial charge < -0.3 is 9.32 Å². The standard InChI is InChI=1S/C17H18N4O2/c1-12-5-6-15-14(19-12)10-16(23-15)17(22)21-9-2-4-13(21)11-20-8-3-7-18-20/h3,5-8,10,13H,2,4,9,11H2,1H3/t13-/m1/s1. The number of carbonyl (C=O) groups is 1. The number of aromatic nitrogens is 3. The SMILES string of the molecule is Cc1ccc2oc(C(=O)N3CCC[C@@H]3Cn3cccn3)cc2n1. The van der Waals surface area contributed by atoms with Gasteiger partial charge in [0.2, 0.25) is 0 Å². The quantitative estimate of drug-likeness (QED) is 0.746. The van der Waals surface area contributed by atoms with Crippen LogP contribution in [0.15, 0.2) is 41.1 Å². The minimum atomic E-state index is -0.0599. The van der Waals surface area contributed by atoms with Crippen LogP contribution in [0.5, 0.6) is 0 Å². The van der Waals surface area contributed by atoms with E-state index in [1.54, 1.807) is 12.3 Å². The molecule has 1 aliphatic heterocycles. The molecule has 118 valence electrons. The van der Waals surface area contributed by atoms with Crippen molar-refractivity contribution in [3.8, 4) is 0 Å². The van der Waals surface area contributed by atoms with Crippen LogP contribution in [0.25, 0.3) is 11.1 Å². The molecule has 1 atom stereocenters. The van der Waals surface area contributed by atoms with Crippen LogP contribution in [-0.2, 0) is 6.54 Å². The largest absolute Gasteiger partial charge is 0.449 e. The lowest BCUT2D eigenvalue weighted by molar-refractivity contribution is 0.0691. The van der Waals surface area contributed by atoms with Crippen molar-refractivity contribution < 1.29 is 9.21 Å². The Labute approximate surface area is 133 Å². The number of nitrogens with zero attached hydrogens (tertiary/aromatic N) is 4. The van der Waals surface area contributed by atoms with E-state index < -0.39 is 0 Å². The average Bonchev–Trinajstić information content (AvgIpc) is 3.26. The van der Waals surface area contributed by atoms with Gasteiger partial charge in [-0.1, -0.05) is 0 Å². The highest BCUT2D eigenvalue weighted by Gasteiger charge is 2.31. The van der Waals surface area contributed by atoms with E-state index in [-0.39, 0.29) is 11.9 Å². The summed E-state index contributed by atoms with van der Waals surface area (Å²) in [6.45, 7) is 3.40. The van der Waals surface area contributed by atoms with Crippen molar-refractivity contribution in [1.82, 2.24) is 19.7 Å². The number of furan rings is 1. The molecular weight excluding hydrogens is 292 g/mol. The summed E-state index contributed by atoms with van der Waals surface area (Å²) in [7, 11) is 0. The minimum absolute atomic E-state index is 0.0599. The molecule has 1 amide bonds. The maximum absolute atomic E-state index is 12.8. The van der Waals surface area contributed by atoms with Gasteiger partial charge in [0.25, 0.3) is 5.91 Å². The Morgan fingerprint density at radius 2 is 2.35 bits per heavy atom.